The van der Waals surface area contributed by atoms with Crippen molar-refractivity contribution in [2.75, 3.05) is 12.4 Å². The number of nitrogens with zero attached hydrogens (tertiary/aromatic N) is 2. The number of benzene rings is 2. The van der Waals surface area contributed by atoms with Crippen LogP contribution in [0.4, 0.5) is 5.00 Å². The smallest absolute Gasteiger partial charge is 0.340 e. The molecule has 0 aliphatic carbocycles. The van der Waals surface area contributed by atoms with Gasteiger partial charge in [0, 0.05) is 10.8 Å². The van der Waals surface area contributed by atoms with Crippen molar-refractivity contribution in [3.05, 3.63) is 87.0 Å². The van der Waals surface area contributed by atoms with Crippen molar-refractivity contribution >= 4 is 49.1 Å². The summed E-state index contributed by atoms with van der Waals surface area (Å²) in [5.74, 6) is -1.53. The number of esters is 1. The number of para-hydroxylation sites is 1. The first-order chi connectivity index (χ1) is 16.3. The Morgan fingerprint density at radius 1 is 1.15 bits per heavy atom. The molecule has 0 saturated carbocycles. The summed E-state index contributed by atoms with van der Waals surface area (Å²) in [7, 11) is -3.22. The van der Waals surface area contributed by atoms with Crippen molar-refractivity contribution in [2.24, 2.45) is 4.40 Å². The SMILES string of the molecule is COC(=O)c1csc2c1S(=O)(=O)N=C(c1c(O)c3ccccc3n(Cc3ccccc3)c1=O)N2. The second kappa shape index (κ2) is 8.12. The Kier molecular flexibility index (Phi) is 5.22. The number of rotatable bonds is 4. The monoisotopic (exact) mass is 495 g/mol. The van der Waals surface area contributed by atoms with E-state index in [1.807, 2.05) is 30.3 Å². The number of hydrogen-bond acceptors (Lipinski definition) is 8. The fourth-order valence-electron chi connectivity index (χ4n) is 3.87. The van der Waals surface area contributed by atoms with Crippen molar-refractivity contribution in [1.82, 2.24) is 4.57 Å². The molecule has 0 saturated heterocycles. The minimum atomic E-state index is -4.36. The predicted octanol–water partition coefficient (Wildman–Crippen LogP) is 3.16. The first-order valence-electron chi connectivity index (χ1n) is 10.0. The van der Waals surface area contributed by atoms with Gasteiger partial charge in [-0.1, -0.05) is 42.5 Å². The summed E-state index contributed by atoms with van der Waals surface area (Å²) >= 11 is 0.956. The van der Waals surface area contributed by atoms with Gasteiger partial charge in [-0.2, -0.15) is 8.42 Å². The van der Waals surface area contributed by atoms with Crippen LogP contribution in [0.3, 0.4) is 0 Å². The van der Waals surface area contributed by atoms with Gasteiger partial charge in [-0.25, -0.2) is 4.79 Å². The van der Waals surface area contributed by atoms with Gasteiger partial charge in [-0.3, -0.25) is 4.79 Å². The van der Waals surface area contributed by atoms with Crippen LogP contribution in [0.5, 0.6) is 5.75 Å². The largest absolute Gasteiger partial charge is 0.506 e. The molecular formula is C23H17N3O6S2. The van der Waals surface area contributed by atoms with Crippen molar-refractivity contribution < 1.29 is 23.1 Å². The second-order valence-corrected chi connectivity index (χ2v) is 9.88. The van der Waals surface area contributed by atoms with E-state index in [1.54, 1.807) is 24.3 Å². The van der Waals surface area contributed by atoms with E-state index in [4.69, 9.17) is 0 Å². The number of pyridine rings is 1. The van der Waals surface area contributed by atoms with Crippen LogP contribution in [-0.2, 0) is 21.3 Å². The van der Waals surface area contributed by atoms with Crippen LogP contribution in [0, 0.1) is 0 Å². The lowest BCUT2D eigenvalue weighted by atomic mass is 10.1. The van der Waals surface area contributed by atoms with Crippen LogP contribution in [0.1, 0.15) is 21.5 Å². The number of carbonyl (C=O) groups is 1. The zero-order valence-electron chi connectivity index (χ0n) is 17.7. The molecule has 0 radical (unpaired) electrons. The summed E-state index contributed by atoms with van der Waals surface area (Å²) in [4.78, 5) is 25.3. The summed E-state index contributed by atoms with van der Waals surface area (Å²) in [6, 6.07) is 16.1. The molecule has 2 N–H and O–H groups in total. The van der Waals surface area contributed by atoms with Crippen LogP contribution < -0.4 is 10.9 Å². The van der Waals surface area contributed by atoms with E-state index in [9.17, 15) is 23.1 Å². The molecule has 2 aromatic carbocycles. The molecule has 5 rings (SSSR count). The van der Waals surface area contributed by atoms with E-state index in [0.717, 1.165) is 24.0 Å². The third kappa shape index (κ3) is 3.45. The molecule has 0 spiro atoms. The first kappa shape index (κ1) is 21.9. The topological polar surface area (TPSA) is 127 Å². The number of fused-ring (bicyclic) bond motifs is 2. The molecule has 1 aliphatic heterocycles. The molecule has 0 atom stereocenters. The number of methoxy groups -OCH3 is 1. The fourth-order valence-corrected chi connectivity index (χ4v) is 6.40. The first-order valence-corrected chi connectivity index (χ1v) is 12.3. The number of aromatic hydroxyl groups is 1. The summed E-state index contributed by atoms with van der Waals surface area (Å²) in [6.45, 7) is 0.199. The number of hydrogen-bond donors (Lipinski definition) is 2. The molecule has 0 amide bonds. The number of aromatic nitrogens is 1. The third-order valence-electron chi connectivity index (χ3n) is 5.42. The van der Waals surface area contributed by atoms with E-state index in [1.165, 1.54) is 9.95 Å². The van der Waals surface area contributed by atoms with E-state index in [0.29, 0.717) is 10.9 Å². The maximum Gasteiger partial charge on any atom is 0.340 e. The molecule has 2 aromatic heterocycles. The van der Waals surface area contributed by atoms with E-state index < -0.39 is 21.6 Å². The van der Waals surface area contributed by atoms with Gasteiger partial charge in [0.1, 0.15) is 21.2 Å². The Balaban J connectivity index is 1.73. The highest BCUT2D eigenvalue weighted by Gasteiger charge is 2.35. The fraction of sp³-hybridized carbons (Fsp3) is 0.0870. The van der Waals surface area contributed by atoms with Crippen molar-refractivity contribution in [3.8, 4) is 5.75 Å². The van der Waals surface area contributed by atoms with Crippen molar-refractivity contribution in [3.63, 3.8) is 0 Å². The lowest BCUT2D eigenvalue weighted by molar-refractivity contribution is 0.0597. The minimum absolute atomic E-state index is 0.104. The Hall–Kier alpha value is -3.96. The molecular weight excluding hydrogens is 478 g/mol. The summed E-state index contributed by atoms with van der Waals surface area (Å²) in [5, 5.41) is 15.6. The Morgan fingerprint density at radius 3 is 2.59 bits per heavy atom. The predicted molar refractivity (Wildman–Crippen MR) is 128 cm³/mol. The van der Waals surface area contributed by atoms with Crippen molar-refractivity contribution in [1.29, 1.82) is 0 Å². The van der Waals surface area contributed by atoms with Gasteiger partial charge in [-0.05, 0) is 17.7 Å². The molecule has 1 aliphatic rings. The van der Waals surface area contributed by atoms with Gasteiger partial charge in [0.2, 0.25) is 0 Å². The quantitative estimate of drug-likeness (QED) is 0.416. The summed E-state index contributed by atoms with van der Waals surface area (Å²) in [5.41, 5.74) is 0.288. The zero-order chi connectivity index (χ0) is 24.0. The number of thiophene rings is 1. The second-order valence-electron chi connectivity index (χ2n) is 7.46. The van der Waals surface area contributed by atoms with E-state index >= 15 is 0 Å². The molecule has 11 heteroatoms. The number of nitrogens with one attached hydrogen (secondary N) is 1. The minimum Gasteiger partial charge on any atom is -0.506 e. The summed E-state index contributed by atoms with van der Waals surface area (Å²) < 4.78 is 35.9. The summed E-state index contributed by atoms with van der Waals surface area (Å²) in [6.07, 6.45) is 0. The Labute approximate surface area is 197 Å². The van der Waals surface area contributed by atoms with Gasteiger partial charge in [0.15, 0.2) is 5.84 Å². The van der Waals surface area contributed by atoms with Gasteiger partial charge in [0.25, 0.3) is 15.6 Å². The number of ether oxygens (including phenoxy) is 1. The maximum absolute atomic E-state index is 13.6. The van der Waals surface area contributed by atoms with Crippen LogP contribution in [0.2, 0.25) is 0 Å². The Morgan fingerprint density at radius 2 is 1.85 bits per heavy atom. The standard InChI is InChI=1S/C23H17N3O6S2/c1-32-23(29)15-12-33-21-19(15)34(30,31)25-20(24-21)17-18(27)14-9-5-6-10-16(14)26(22(17)28)11-13-7-3-2-4-8-13/h2-10,12,27H,11H2,1H3,(H,24,25). The number of sulfonamides is 1. The zero-order valence-corrected chi connectivity index (χ0v) is 19.3. The molecule has 4 aromatic rings. The van der Waals surface area contributed by atoms with E-state index in [2.05, 4.69) is 14.5 Å². The maximum atomic E-state index is 13.6. The molecule has 172 valence electrons. The van der Waals surface area contributed by atoms with Gasteiger partial charge in [-0.15, -0.1) is 15.7 Å². The van der Waals surface area contributed by atoms with Crippen LogP contribution in [0.25, 0.3) is 10.9 Å². The highest BCUT2D eigenvalue weighted by molar-refractivity contribution is 7.90. The van der Waals surface area contributed by atoms with Crippen LogP contribution in [-0.4, -0.2) is 37.0 Å². The molecule has 9 nitrogen and oxygen atoms in total. The Bertz CT molecular complexity index is 1650. The van der Waals surface area contributed by atoms with Crippen LogP contribution in [0.15, 0.2) is 74.1 Å². The highest BCUT2D eigenvalue weighted by atomic mass is 32.2. The number of amidine groups is 1. The molecule has 0 unspecified atom stereocenters. The third-order valence-corrected chi connectivity index (χ3v) is 7.81. The van der Waals surface area contributed by atoms with Crippen LogP contribution >= 0.6 is 11.3 Å². The lowest BCUT2D eigenvalue weighted by Gasteiger charge is -2.19. The van der Waals surface area contributed by atoms with Gasteiger partial charge >= 0.3 is 5.97 Å². The van der Waals surface area contributed by atoms with E-state index in [-0.39, 0.29) is 39.2 Å². The number of anilines is 1. The average Bonchev–Trinajstić information content (AvgIpc) is 3.27. The normalized spacial score (nSPS) is 14.2. The van der Waals surface area contributed by atoms with Gasteiger partial charge < -0.3 is 19.7 Å². The van der Waals surface area contributed by atoms with Gasteiger partial charge in [0.05, 0.1) is 24.7 Å². The molecule has 0 bridgehead atoms. The highest BCUT2D eigenvalue weighted by Crippen LogP contribution is 2.38. The molecule has 34 heavy (non-hydrogen) atoms. The van der Waals surface area contributed by atoms with Crippen molar-refractivity contribution in [2.45, 2.75) is 11.4 Å². The number of carbonyl (C=O) groups excluding carboxylic acids is 1. The molecule has 0 fully saturated rings. The molecule has 3 heterocycles. The average molecular weight is 496 g/mol. The lowest BCUT2D eigenvalue weighted by Crippen LogP contribution is -2.32.